The first-order valence-corrected chi connectivity index (χ1v) is 7.88. The highest BCUT2D eigenvalue weighted by atomic mass is 16.5. The summed E-state index contributed by atoms with van der Waals surface area (Å²) in [6.45, 7) is 4.33. The molecule has 0 aliphatic carbocycles. The Bertz CT molecular complexity index is 833. The maximum atomic E-state index is 12.7. The SMILES string of the molecule is Cc1ccc(/C=C2\Oc3c(CN(C)C)c(O)cc(C)c3C2=O)cc1. The molecule has 1 heterocycles. The number of aromatic hydroxyl groups is 1. The minimum absolute atomic E-state index is 0.136. The van der Waals surface area contributed by atoms with Gasteiger partial charge in [0, 0.05) is 6.54 Å². The number of Topliss-reactive ketones (excluding diaryl/α,β-unsaturated/α-hetero) is 1. The van der Waals surface area contributed by atoms with Gasteiger partial charge in [0.15, 0.2) is 5.76 Å². The average Bonchev–Trinajstić information content (AvgIpc) is 2.83. The van der Waals surface area contributed by atoms with Crippen LogP contribution >= 0.6 is 0 Å². The molecule has 3 rings (SSSR count). The third kappa shape index (κ3) is 2.93. The van der Waals surface area contributed by atoms with Crippen molar-refractivity contribution in [2.24, 2.45) is 0 Å². The van der Waals surface area contributed by atoms with E-state index in [9.17, 15) is 9.90 Å². The Labute approximate surface area is 142 Å². The number of nitrogens with zero attached hydrogens (tertiary/aromatic N) is 1. The molecular weight excluding hydrogens is 302 g/mol. The van der Waals surface area contributed by atoms with E-state index >= 15 is 0 Å². The second-order valence-electron chi connectivity index (χ2n) is 6.48. The quantitative estimate of drug-likeness (QED) is 0.875. The predicted octanol–water partition coefficient (Wildman–Crippen LogP) is 3.69. The molecule has 0 aromatic heterocycles. The Kier molecular flexibility index (Phi) is 4.16. The molecule has 1 aliphatic rings. The Hall–Kier alpha value is -2.59. The molecule has 0 radical (unpaired) electrons. The fourth-order valence-electron chi connectivity index (χ4n) is 2.86. The monoisotopic (exact) mass is 323 g/mol. The lowest BCUT2D eigenvalue weighted by atomic mass is 9.99. The second-order valence-corrected chi connectivity index (χ2v) is 6.48. The van der Waals surface area contributed by atoms with Gasteiger partial charge >= 0.3 is 0 Å². The number of fused-ring (bicyclic) bond motifs is 1. The van der Waals surface area contributed by atoms with Gasteiger partial charge in [-0.15, -0.1) is 0 Å². The van der Waals surface area contributed by atoms with Gasteiger partial charge in [0.05, 0.1) is 11.1 Å². The number of hydrogen-bond acceptors (Lipinski definition) is 4. The largest absolute Gasteiger partial charge is 0.507 e. The van der Waals surface area contributed by atoms with Gasteiger partial charge in [-0.05, 0) is 51.2 Å². The summed E-state index contributed by atoms with van der Waals surface area (Å²) in [5.74, 6) is 0.791. The minimum atomic E-state index is -0.136. The third-order valence-corrected chi connectivity index (χ3v) is 4.07. The van der Waals surface area contributed by atoms with Gasteiger partial charge in [-0.3, -0.25) is 4.79 Å². The number of aryl methyl sites for hydroxylation is 2. The molecule has 4 nitrogen and oxygen atoms in total. The van der Waals surface area contributed by atoms with Gasteiger partial charge in [-0.1, -0.05) is 29.8 Å². The molecule has 1 aliphatic heterocycles. The number of hydrogen-bond donors (Lipinski definition) is 1. The highest BCUT2D eigenvalue weighted by Crippen LogP contribution is 2.42. The average molecular weight is 323 g/mol. The molecular formula is C20H21NO3. The molecule has 0 amide bonds. The van der Waals surface area contributed by atoms with Gasteiger partial charge in [0.2, 0.25) is 5.78 Å². The van der Waals surface area contributed by atoms with Crippen LogP contribution < -0.4 is 4.74 Å². The standard InChI is InChI=1S/C20H21NO3/c1-12-5-7-14(8-6-12)10-17-19(23)18-13(2)9-16(22)15(11-21(3)4)20(18)24-17/h5-10,22H,11H2,1-4H3/b17-10-. The Morgan fingerprint density at radius 1 is 1.17 bits per heavy atom. The molecule has 2 aromatic carbocycles. The number of rotatable bonds is 3. The first kappa shape index (κ1) is 16.3. The number of benzene rings is 2. The lowest BCUT2D eigenvalue weighted by Gasteiger charge is -2.15. The molecule has 4 heteroatoms. The number of phenols is 1. The molecule has 0 spiro atoms. The van der Waals surface area contributed by atoms with Crippen molar-refractivity contribution in [3.63, 3.8) is 0 Å². The van der Waals surface area contributed by atoms with E-state index in [1.807, 2.05) is 57.1 Å². The van der Waals surface area contributed by atoms with E-state index in [1.54, 1.807) is 12.1 Å². The summed E-state index contributed by atoms with van der Waals surface area (Å²) in [7, 11) is 3.82. The van der Waals surface area contributed by atoms with Crippen LogP contribution in [0.2, 0.25) is 0 Å². The van der Waals surface area contributed by atoms with E-state index in [4.69, 9.17) is 4.74 Å². The number of ether oxygens (including phenoxy) is 1. The number of ketones is 1. The predicted molar refractivity (Wildman–Crippen MR) is 94.3 cm³/mol. The molecule has 1 N–H and O–H groups in total. The molecule has 24 heavy (non-hydrogen) atoms. The van der Waals surface area contributed by atoms with Gasteiger partial charge in [0.25, 0.3) is 0 Å². The third-order valence-electron chi connectivity index (χ3n) is 4.07. The molecule has 0 saturated carbocycles. The highest BCUT2D eigenvalue weighted by molar-refractivity contribution is 6.15. The summed E-state index contributed by atoms with van der Waals surface area (Å²) in [6.07, 6.45) is 1.75. The topological polar surface area (TPSA) is 49.8 Å². The summed E-state index contributed by atoms with van der Waals surface area (Å²) in [5, 5.41) is 10.3. The first-order valence-electron chi connectivity index (χ1n) is 7.88. The zero-order chi connectivity index (χ0) is 17.4. The van der Waals surface area contributed by atoms with Gasteiger partial charge in [0.1, 0.15) is 11.5 Å². The number of carbonyl (C=O) groups is 1. The molecule has 0 bridgehead atoms. The van der Waals surface area contributed by atoms with Crippen LogP contribution in [0.25, 0.3) is 6.08 Å². The zero-order valence-electron chi connectivity index (χ0n) is 14.4. The summed E-state index contributed by atoms with van der Waals surface area (Å²) >= 11 is 0. The van der Waals surface area contributed by atoms with Gasteiger partial charge < -0.3 is 14.7 Å². The minimum Gasteiger partial charge on any atom is -0.507 e. The maximum absolute atomic E-state index is 12.7. The zero-order valence-corrected chi connectivity index (χ0v) is 14.4. The number of allylic oxidation sites excluding steroid dienone is 1. The summed E-state index contributed by atoms with van der Waals surface area (Å²) < 4.78 is 5.87. The lowest BCUT2D eigenvalue weighted by Crippen LogP contribution is -2.12. The van der Waals surface area contributed by atoms with Crippen LogP contribution in [-0.4, -0.2) is 29.9 Å². The lowest BCUT2D eigenvalue weighted by molar-refractivity contribution is 0.101. The molecule has 0 fully saturated rings. The fourth-order valence-corrected chi connectivity index (χ4v) is 2.86. The van der Waals surface area contributed by atoms with Crippen LogP contribution in [-0.2, 0) is 6.54 Å². The Morgan fingerprint density at radius 3 is 2.46 bits per heavy atom. The van der Waals surface area contributed by atoms with E-state index in [-0.39, 0.29) is 11.5 Å². The van der Waals surface area contributed by atoms with Crippen LogP contribution in [0.4, 0.5) is 0 Å². The van der Waals surface area contributed by atoms with E-state index in [0.717, 1.165) is 16.7 Å². The number of phenolic OH excluding ortho intramolecular Hbond substituents is 1. The number of carbonyl (C=O) groups excluding carboxylic acids is 1. The van der Waals surface area contributed by atoms with E-state index in [1.165, 1.54) is 0 Å². The molecule has 0 atom stereocenters. The van der Waals surface area contributed by atoms with Crippen molar-refractivity contribution in [3.05, 3.63) is 63.9 Å². The molecule has 124 valence electrons. The smallest absolute Gasteiger partial charge is 0.232 e. The van der Waals surface area contributed by atoms with Crippen molar-refractivity contribution in [2.75, 3.05) is 14.1 Å². The molecule has 0 saturated heterocycles. The molecule has 0 unspecified atom stereocenters. The van der Waals surface area contributed by atoms with Crippen LogP contribution in [0.15, 0.2) is 36.1 Å². The van der Waals surface area contributed by atoms with Crippen LogP contribution in [0.1, 0.15) is 32.6 Å². The Balaban J connectivity index is 2.06. The summed E-state index contributed by atoms with van der Waals surface area (Å²) in [5.41, 5.74) is 3.98. The van der Waals surface area contributed by atoms with Crippen molar-refractivity contribution in [1.29, 1.82) is 0 Å². The van der Waals surface area contributed by atoms with Crippen molar-refractivity contribution >= 4 is 11.9 Å². The van der Waals surface area contributed by atoms with Gasteiger partial charge in [-0.25, -0.2) is 0 Å². The second kappa shape index (κ2) is 6.13. The van der Waals surface area contributed by atoms with Crippen molar-refractivity contribution in [3.8, 4) is 11.5 Å². The Morgan fingerprint density at radius 2 is 1.83 bits per heavy atom. The van der Waals surface area contributed by atoms with E-state index in [2.05, 4.69) is 0 Å². The van der Waals surface area contributed by atoms with Gasteiger partial charge in [-0.2, -0.15) is 0 Å². The normalized spacial score (nSPS) is 15.0. The van der Waals surface area contributed by atoms with Crippen LogP contribution in [0.3, 0.4) is 0 Å². The van der Waals surface area contributed by atoms with Crippen LogP contribution in [0, 0.1) is 13.8 Å². The van der Waals surface area contributed by atoms with Crippen molar-refractivity contribution in [2.45, 2.75) is 20.4 Å². The van der Waals surface area contributed by atoms with Crippen molar-refractivity contribution in [1.82, 2.24) is 4.90 Å². The van der Waals surface area contributed by atoms with E-state index in [0.29, 0.717) is 29.2 Å². The summed E-state index contributed by atoms with van der Waals surface area (Å²) in [4.78, 5) is 14.7. The highest BCUT2D eigenvalue weighted by Gasteiger charge is 2.33. The maximum Gasteiger partial charge on any atom is 0.232 e. The van der Waals surface area contributed by atoms with E-state index < -0.39 is 0 Å². The summed E-state index contributed by atoms with van der Waals surface area (Å²) in [6, 6.07) is 9.52. The molecule has 2 aromatic rings. The first-order chi connectivity index (χ1) is 11.4. The fraction of sp³-hybridized carbons (Fsp3) is 0.250. The van der Waals surface area contributed by atoms with Crippen LogP contribution in [0.5, 0.6) is 11.5 Å². The van der Waals surface area contributed by atoms with Crippen molar-refractivity contribution < 1.29 is 14.6 Å².